The number of aromatic nitrogens is 1. The van der Waals surface area contributed by atoms with Crippen LogP contribution >= 0.6 is 11.8 Å². The smallest absolute Gasteiger partial charge is 0.326 e. The first-order valence-corrected chi connectivity index (χ1v) is 11.6. The van der Waals surface area contributed by atoms with Gasteiger partial charge in [0.1, 0.15) is 18.4 Å². The molecular formula is C25H26N2O4S. The van der Waals surface area contributed by atoms with Crippen LogP contribution in [0.3, 0.4) is 0 Å². The predicted molar refractivity (Wildman–Crippen MR) is 127 cm³/mol. The summed E-state index contributed by atoms with van der Waals surface area (Å²) in [5.41, 5.74) is 3.99. The van der Waals surface area contributed by atoms with Crippen LogP contribution in [0.5, 0.6) is 5.75 Å². The lowest BCUT2D eigenvalue weighted by Gasteiger charge is -2.17. The van der Waals surface area contributed by atoms with E-state index in [4.69, 9.17) is 4.74 Å². The quantitative estimate of drug-likeness (QED) is 0.470. The summed E-state index contributed by atoms with van der Waals surface area (Å²) in [6.45, 7) is 2.30. The molecule has 2 N–H and O–H groups in total. The molecule has 1 aromatic heterocycles. The van der Waals surface area contributed by atoms with Gasteiger partial charge in [0, 0.05) is 11.8 Å². The Labute approximate surface area is 192 Å². The minimum atomic E-state index is -1.04. The van der Waals surface area contributed by atoms with Crippen LogP contribution in [0.25, 0.3) is 11.1 Å². The summed E-state index contributed by atoms with van der Waals surface area (Å²) in [4.78, 5) is 28.7. The summed E-state index contributed by atoms with van der Waals surface area (Å²) < 4.78 is 5.80. The van der Waals surface area contributed by atoms with E-state index in [1.54, 1.807) is 36.3 Å². The lowest BCUT2D eigenvalue weighted by atomic mass is 9.95. The molecule has 32 heavy (non-hydrogen) atoms. The molecule has 6 nitrogen and oxygen atoms in total. The van der Waals surface area contributed by atoms with Gasteiger partial charge < -0.3 is 15.2 Å². The lowest BCUT2D eigenvalue weighted by Crippen LogP contribution is -2.41. The van der Waals surface area contributed by atoms with Crippen molar-refractivity contribution in [2.75, 3.05) is 12.0 Å². The van der Waals surface area contributed by atoms with Crippen molar-refractivity contribution in [3.05, 3.63) is 83.7 Å². The molecule has 0 saturated carbocycles. The molecule has 7 heteroatoms. The number of thioether (sulfide) groups is 1. The Hall–Kier alpha value is -3.32. The minimum Gasteiger partial charge on any atom is -0.487 e. The highest BCUT2D eigenvalue weighted by Gasteiger charge is 2.22. The van der Waals surface area contributed by atoms with Crippen LogP contribution in [0.15, 0.2) is 67.0 Å². The standard InChI is InChI=1S/C25H26N2O4S/c1-17-5-3-6-19(13-17)22-14-18(16-31-20-7-4-11-26-15-20)8-9-21(22)24(28)27-23(25(29)30)10-12-32-2/h3-9,11,13-15,23H,10,12,16H2,1-2H3,(H,27,28)(H,29,30)/t23-/m0/s1. The molecule has 166 valence electrons. The Balaban J connectivity index is 1.90. The normalized spacial score (nSPS) is 11.6. The minimum absolute atomic E-state index is 0.317. The SMILES string of the molecule is CSCC[C@H](NC(=O)c1ccc(COc2cccnc2)cc1-c1cccc(C)c1)C(=O)O. The number of carbonyl (C=O) groups is 2. The van der Waals surface area contributed by atoms with Crippen molar-refractivity contribution in [3.63, 3.8) is 0 Å². The van der Waals surface area contributed by atoms with Crippen molar-refractivity contribution in [1.82, 2.24) is 10.3 Å². The Bertz CT molecular complexity index is 1070. The van der Waals surface area contributed by atoms with Gasteiger partial charge in [0.2, 0.25) is 0 Å². The van der Waals surface area contributed by atoms with Crippen LogP contribution in [-0.2, 0) is 11.4 Å². The van der Waals surface area contributed by atoms with Crippen LogP contribution in [-0.4, -0.2) is 40.0 Å². The van der Waals surface area contributed by atoms with E-state index in [9.17, 15) is 14.7 Å². The van der Waals surface area contributed by atoms with Crippen LogP contribution in [0.4, 0.5) is 0 Å². The molecule has 0 spiro atoms. The zero-order chi connectivity index (χ0) is 22.9. The fourth-order valence-electron chi connectivity index (χ4n) is 3.26. The van der Waals surface area contributed by atoms with Gasteiger partial charge in [0.05, 0.1) is 6.20 Å². The molecule has 1 amide bonds. The highest BCUT2D eigenvalue weighted by molar-refractivity contribution is 7.98. The number of ether oxygens (including phenoxy) is 1. The Morgan fingerprint density at radius 1 is 1.16 bits per heavy atom. The van der Waals surface area contributed by atoms with Crippen molar-refractivity contribution >= 4 is 23.6 Å². The summed E-state index contributed by atoms with van der Waals surface area (Å²) in [5, 5.41) is 12.2. The fraction of sp³-hybridized carbons (Fsp3) is 0.240. The van der Waals surface area contributed by atoms with E-state index >= 15 is 0 Å². The molecule has 0 unspecified atom stereocenters. The maximum atomic E-state index is 13.1. The number of carbonyl (C=O) groups excluding carboxylic acids is 1. The van der Waals surface area contributed by atoms with Gasteiger partial charge in [-0.2, -0.15) is 11.8 Å². The second-order valence-corrected chi connectivity index (χ2v) is 8.36. The Morgan fingerprint density at radius 3 is 2.69 bits per heavy atom. The van der Waals surface area contributed by atoms with E-state index in [0.717, 1.165) is 22.3 Å². The van der Waals surface area contributed by atoms with Crippen molar-refractivity contribution in [2.24, 2.45) is 0 Å². The summed E-state index contributed by atoms with van der Waals surface area (Å²) in [7, 11) is 0. The number of amides is 1. The average Bonchev–Trinajstić information content (AvgIpc) is 2.80. The number of benzene rings is 2. The molecule has 1 atom stereocenters. The topological polar surface area (TPSA) is 88.5 Å². The van der Waals surface area contributed by atoms with Crippen molar-refractivity contribution in [1.29, 1.82) is 0 Å². The molecule has 0 fully saturated rings. The maximum Gasteiger partial charge on any atom is 0.326 e. The second kappa shape index (κ2) is 11.3. The van der Waals surface area contributed by atoms with E-state index in [1.807, 2.05) is 55.6 Å². The van der Waals surface area contributed by atoms with E-state index in [0.29, 0.717) is 30.1 Å². The van der Waals surface area contributed by atoms with Gasteiger partial charge >= 0.3 is 5.97 Å². The van der Waals surface area contributed by atoms with Gasteiger partial charge in [0.15, 0.2) is 0 Å². The number of carboxylic acid groups (broad SMARTS) is 1. The Kier molecular flexibility index (Phi) is 8.27. The van der Waals surface area contributed by atoms with E-state index < -0.39 is 17.9 Å². The number of hydrogen-bond donors (Lipinski definition) is 2. The van der Waals surface area contributed by atoms with Crippen molar-refractivity contribution < 1.29 is 19.4 Å². The third kappa shape index (κ3) is 6.34. The van der Waals surface area contributed by atoms with Gasteiger partial charge in [-0.05, 0) is 66.3 Å². The highest BCUT2D eigenvalue weighted by atomic mass is 32.2. The van der Waals surface area contributed by atoms with Gasteiger partial charge in [-0.1, -0.05) is 35.9 Å². The monoisotopic (exact) mass is 450 g/mol. The molecule has 3 rings (SSSR count). The van der Waals surface area contributed by atoms with Crippen LogP contribution < -0.4 is 10.1 Å². The zero-order valence-corrected chi connectivity index (χ0v) is 18.9. The number of nitrogens with one attached hydrogen (secondary N) is 1. The molecule has 0 aliphatic carbocycles. The summed E-state index contributed by atoms with van der Waals surface area (Å²) >= 11 is 1.54. The molecule has 0 bridgehead atoms. The number of hydrogen-bond acceptors (Lipinski definition) is 5. The average molecular weight is 451 g/mol. The predicted octanol–water partition coefficient (Wildman–Crippen LogP) is 4.57. The maximum absolute atomic E-state index is 13.1. The van der Waals surface area contributed by atoms with Crippen molar-refractivity contribution in [3.8, 4) is 16.9 Å². The zero-order valence-electron chi connectivity index (χ0n) is 18.1. The largest absolute Gasteiger partial charge is 0.487 e. The summed E-state index contributed by atoms with van der Waals surface area (Å²) in [5.74, 6) is -0.141. The molecule has 0 aliphatic rings. The number of carboxylic acids is 1. The van der Waals surface area contributed by atoms with Crippen LogP contribution in [0.1, 0.15) is 27.9 Å². The molecule has 0 saturated heterocycles. The molecule has 0 radical (unpaired) electrons. The number of aryl methyl sites for hydroxylation is 1. The first-order chi connectivity index (χ1) is 15.5. The summed E-state index contributed by atoms with van der Waals surface area (Å²) in [6, 6.07) is 16.0. The molecular weight excluding hydrogens is 424 g/mol. The number of rotatable bonds is 10. The first kappa shape index (κ1) is 23.3. The number of aliphatic carboxylic acids is 1. The van der Waals surface area contributed by atoms with E-state index in [-0.39, 0.29) is 0 Å². The molecule has 0 aliphatic heterocycles. The first-order valence-electron chi connectivity index (χ1n) is 10.2. The third-order valence-electron chi connectivity index (χ3n) is 4.91. The number of nitrogens with zero attached hydrogens (tertiary/aromatic N) is 1. The van der Waals surface area contributed by atoms with Crippen LogP contribution in [0, 0.1) is 6.92 Å². The van der Waals surface area contributed by atoms with Gasteiger partial charge in [-0.25, -0.2) is 4.79 Å². The second-order valence-electron chi connectivity index (χ2n) is 7.37. The van der Waals surface area contributed by atoms with Gasteiger partial charge in [-0.3, -0.25) is 9.78 Å². The Morgan fingerprint density at radius 2 is 2.00 bits per heavy atom. The number of pyridine rings is 1. The van der Waals surface area contributed by atoms with E-state index in [1.165, 1.54) is 0 Å². The molecule has 3 aromatic rings. The van der Waals surface area contributed by atoms with Gasteiger partial charge in [-0.15, -0.1) is 0 Å². The van der Waals surface area contributed by atoms with Crippen molar-refractivity contribution in [2.45, 2.75) is 26.0 Å². The molecule has 2 aromatic carbocycles. The van der Waals surface area contributed by atoms with Gasteiger partial charge in [0.25, 0.3) is 5.91 Å². The lowest BCUT2D eigenvalue weighted by molar-refractivity contribution is -0.139. The summed E-state index contributed by atoms with van der Waals surface area (Å²) in [6.07, 6.45) is 5.59. The van der Waals surface area contributed by atoms with E-state index in [2.05, 4.69) is 10.3 Å². The molecule has 1 heterocycles. The van der Waals surface area contributed by atoms with Crippen LogP contribution in [0.2, 0.25) is 0 Å². The fourth-order valence-corrected chi connectivity index (χ4v) is 3.73. The highest BCUT2D eigenvalue weighted by Crippen LogP contribution is 2.27. The third-order valence-corrected chi connectivity index (χ3v) is 5.56.